The second-order valence-corrected chi connectivity index (χ2v) is 1.22. The zero-order chi connectivity index (χ0) is 4.28. The van der Waals surface area contributed by atoms with E-state index in [0.717, 1.165) is 6.42 Å². The summed E-state index contributed by atoms with van der Waals surface area (Å²) in [5.41, 5.74) is 0. The lowest BCUT2D eigenvalue weighted by Crippen LogP contribution is -1.90. The van der Waals surface area contributed by atoms with Crippen molar-refractivity contribution in [2.24, 2.45) is 0 Å². The van der Waals surface area contributed by atoms with E-state index in [0.29, 0.717) is 0 Å². The van der Waals surface area contributed by atoms with E-state index in [9.17, 15) is 5.11 Å². The molecule has 0 fully saturated rings. The SMILES string of the molecule is C.CCC(C)[O]. The molecule has 0 bridgehead atoms. The standard InChI is InChI=1S/C4H9O.CH4/c1-3-4(2)5;/h4H,3H2,1-2H3;1H4. The molecule has 1 atom stereocenters. The van der Waals surface area contributed by atoms with Crippen molar-refractivity contribution >= 4 is 0 Å². The summed E-state index contributed by atoms with van der Waals surface area (Å²) in [5, 5.41) is 9.90. The summed E-state index contributed by atoms with van der Waals surface area (Å²) in [4.78, 5) is 0. The molecule has 1 radical (unpaired) electrons. The van der Waals surface area contributed by atoms with Crippen LogP contribution in [-0.4, -0.2) is 6.10 Å². The number of hydrogen-bond donors (Lipinski definition) is 0. The fourth-order valence-electron chi connectivity index (χ4n) is 0. The van der Waals surface area contributed by atoms with Crippen molar-refractivity contribution in [1.29, 1.82) is 0 Å². The Morgan fingerprint density at radius 1 is 1.67 bits per heavy atom. The van der Waals surface area contributed by atoms with Gasteiger partial charge in [-0.15, -0.1) is 0 Å². The molecule has 0 aromatic heterocycles. The van der Waals surface area contributed by atoms with Crippen molar-refractivity contribution in [3.05, 3.63) is 0 Å². The highest BCUT2D eigenvalue weighted by Gasteiger charge is 1.85. The highest BCUT2D eigenvalue weighted by molar-refractivity contribution is 4.33. The van der Waals surface area contributed by atoms with E-state index in [1.165, 1.54) is 0 Å². The van der Waals surface area contributed by atoms with Crippen LogP contribution in [0.3, 0.4) is 0 Å². The average Bonchev–Trinajstić information content (AvgIpc) is 1.38. The summed E-state index contributed by atoms with van der Waals surface area (Å²) in [6.07, 6.45) is 0.384. The minimum absolute atomic E-state index is 0. The lowest BCUT2D eigenvalue weighted by Gasteiger charge is -1.86. The van der Waals surface area contributed by atoms with Crippen molar-refractivity contribution in [3.63, 3.8) is 0 Å². The van der Waals surface area contributed by atoms with Crippen LogP contribution >= 0.6 is 0 Å². The van der Waals surface area contributed by atoms with Gasteiger partial charge in [-0.05, 0) is 13.3 Å². The van der Waals surface area contributed by atoms with Crippen LogP contribution in [0, 0.1) is 0 Å². The monoisotopic (exact) mass is 89.1 g/mol. The molecular weight excluding hydrogens is 76.1 g/mol. The molecule has 0 aliphatic heterocycles. The predicted octanol–water partition coefficient (Wildman–Crippen LogP) is 1.85. The maximum absolute atomic E-state index is 9.90. The van der Waals surface area contributed by atoms with Gasteiger partial charge in [-0.1, -0.05) is 14.4 Å². The molecule has 0 aromatic carbocycles. The minimum Gasteiger partial charge on any atom is -0.233 e. The lowest BCUT2D eigenvalue weighted by molar-refractivity contribution is 0.102. The van der Waals surface area contributed by atoms with Crippen LogP contribution in [0.2, 0.25) is 0 Å². The first kappa shape index (κ1) is 9.35. The fraction of sp³-hybridized carbons (Fsp3) is 1.00. The van der Waals surface area contributed by atoms with Crippen molar-refractivity contribution in [1.82, 2.24) is 0 Å². The van der Waals surface area contributed by atoms with Gasteiger partial charge in [-0.25, -0.2) is 5.11 Å². The van der Waals surface area contributed by atoms with E-state index >= 15 is 0 Å². The van der Waals surface area contributed by atoms with E-state index in [-0.39, 0.29) is 13.5 Å². The van der Waals surface area contributed by atoms with Gasteiger partial charge in [0, 0.05) is 0 Å². The third-order valence-electron chi connectivity index (χ3n) is 0.575. The molecular formula is C5H13O. The van der Waals surface area contributed by atoms with Gasteiger partial charge in [0.25, 0.3) is 0 Å². The molecule has 1 nitrogen and oxygen atoms in total. The first-order chi connectivity index (χ1) is 2.27. The highest BCUT2D eigenvalue weighted by Crippen LogP contribution is 1.83. The zero-order valence-electron chi connectivity index (χ0n) is 3.69. The van der Waals surface area contributed by atoms with Crippen LogP contribution in [0.15, 0.2) is 0 Å². The first-order valence-corrected chi connectivity index (χ1v) is 1.93. The van der Waals surface area contributed by atoms with Crippen LogP contribution in [0.4, 0.5) is 0 Å². The van der Waals surface area contributed by atoms with Gasteiger partial charge in [0.05, 0.1) is 6.10 Å². The van der Waals surface area contributed by atoms with Gasteiger partial charge >= 0.3 is 0 Å². The Kier molecular flexibility index (Phi) is 7.73. The van der Waals surface area contributed by atoms with Gasteiger partial charge in [-0.2, -0.15) is 0 Å². The molecule has 0 aromatic rings. The summed E-state index contributed by atoms with van der Waals surface area (Å²) in [6.45, 7) is 3.55. The molecule has 1 unspecified atom stereocenters. The molecule has 39 valence electrons. The van der Waals surface area contributed by atoms with E-state index in [1.807, 2.05) is 6.92 Å². The van der Waals surface area contributed by atoms with E-state index < -0.39 is 0 Å². The van der Waals surface area contributed by atoms with Crippen molar-refractivity contribution in [3.8, 4) is 0 Å². The molecule has 0 saturated carbocycles. The first-order valence-electron chi connectivity index (χ1n) is 1.93. The third-order valence-corrected chi connectivity index (χ3v) is 0.575. The molecule has 0 aliphatic carbocycles. The Balaban J connectivity index is 0. The van der Waals surface area contributed by atoms with Crippen LogP contribution in [-0.2, 0) is 5.11 Å². The molecule has 0 aliphatic rings. The van der Waals surface area contributed by atoms with Gasteiger partial charge in [0.2, 0.25) is 0 Å². The van der Waals surface area contributed by atoms with Gasteiger partial charge in [-0.3, -0.25) is 0 Å². The second kappa shape index (κ2) is 4.96. The Hall–Kier alpha value is -0.0400. The topological polar surface area (TPSA) is 19.9 Å². The van der Waals surface area contributed by atoms with Crippen LogP contribution in [0.25, 0.3) is 0 Å². The largest absolute Gasteiger partial charge is 0.233 e. The lowest BCUT2D eigenvalue weighted by atomic mass is 10.3. The van der Waals surface area contributed by atoms with E-state index in [1.54, 1.807) is 6.92 Å². The molecule has 1 heteroatoms. The second-order valence-electron chi connectivity index (χ2n) is 1.22. The van der Waals surface area contributed by atoms with Gasteiger partial charge < -0.3 is 0 Å². The molecule has 0 rings (SSSR count). The zero-order valence-corrected chi connectivity index (χ0v) is 3.69. The molecule has 0 spiro atoms. The maximum atomic E-state index is 9.90. The normalized spacial score (nSPS) is 12.5. The third kappa shape index (κ3) is 9.03. The molecule has 0 heterocycles. The molecule has 0 amide bonds. The van der Waals surface area contributed by atoms with Crippen molar-refractivity contribution in [2.75, 3.05) is 0 Å². The number of hydrogen-bond acceptors (Lipinski definition) is 0. The fourth-order valence-corrected chi connectivity index (χ4v) is 0. The van der Waals surface area contributed by atoms with E-state index in [4.69, 9.17) is 0 Å². The summed E-state index contributed by atoms with van der Waals surface area (Å²) in [6, 6.07) is 0. The van der Waals surface area contributed by atoms with E-state index in [2.05, 4.69) is 0 Å². The van der Waals surface area contributed by atoms with Crippen molar-refractivity contribution in [2.45, 2.75) is 33.8 Å². The average molecular weight is 89.2 g/mol. The maximum Gasteiger partial charge on any atom is 0.0899 e. The highest BCUT2D eigenvalue weighted by atomic mass is 16.3. The van der Waals surface area contributed by atoms with Gasteiger partial charge in [0.15, 0.2) is 0 Å². The Morgan fingerprint density at radius 3 is 1.83 bits per heavy atom. The van der Waals surface area contributed by atoms with Crippen LogP contribution in [0.5, 0.6) is 0 Å². The predicted molar refractivity (Wildman–Crippen MR) is 27.2 cm³/mol. The number of rotatable bonds is 1. The summed E-state index contributed by atoms with van der Waals surface area (Å²) in [7, 11) is 0. The van der Waals surface area contributed by atoms with Crippen LogP contribution in [0.1, 0.15) is 27.7 Å². The minimum atomic E-state index is -0.366. The Morgan fingerprint density at radius 2 is 1.83 bits per heavy atom. The summed E-state index contributed by atoms with van der Waals surface area (Å²) >= 11 is 0. The molecule has 6 heavy (non-hydrogen) atoms. The smallest absolute Gasteiger partial charge is 0.0899 e. The summed E-state index contributed by atoms with van der Waals surface area (Å²) in [5.74, 6) is 0. The molecule has 0 saturated heterocycles. The Labute approximate surface area is 40.0 Å². The summed E-state index contributed by atoms with van der Waals surface area (Å²) < 4.78 is 0. The quantitative estimate of drug-likeness (QED) is 0.467. The van der Waals surface area contributed by atoms with Gasteiger partial charge in [0.1, 0.15) is 0 Å². The molecule has 0 N–H and O–H groups in total. The van der Waals surface area contributed by atoms with Crippen molar-refractivity contribution < 1.29 is 5.11 Å². The van der Waals surface area contributed by atoms with Crippen LogP contribution < -0.4 is 0 Å². The Bertz CT molecular complexity index is 17.9.